The van der Waals surface area contributed by atoms with Crippen molar-refractivity contribution in [1.82, 2.24) is 0 Å². The van der Waals surface area contributed by atoms with Gasteiger partial charge in [0.2, 0.25) is 5.91 Å². The molecular formula is C15H12Cl2INO3. The Labute approximate surface area is 151 Å². The van der Waals surface area contributed by atoms with Gasteiger partial charge in [-0.25, -0.2) is 0 Å². The maximum atomic E-state index is 11.4. The molecule has 4 nitrogen and oxygen atoms in total. The monoisotopic (exact) mass is 451 g/mol. The molecule has 0 saturated carbocycles. The summed E-state index contributed by atoms with van der Waals surface area (Å²) in [6.45, 7) is 1.75. The lowest BCUT2D eigenvalue weighted by atomic mass is 10.2. The van der Waals surface area contributed by atoms with Crippen LogP contribution in [0.15, 0.2) is 30.3 Å². The second-order valence-electron chi connectivity index (χ2n) is 4.39. The number of carbonyl (C=O) groups is 1. The molecule has 0 aliphatic heterocycles. The van der Waals surface area contributed by atoms with Crippen molar-refractivity contribution in [3.63, 3.8) is 0 Å². The fraction of sp³-hybridized carbons (Fsp3) is 0.133. The number of benzene rings is 2. The van der Waals surface area contributed by atoms with Gasteiger partial charge in [0.05, 0.1) is 13.6 Å². The van der Waals surface area contributed by atoms with Crippen molar-refractivity contribution in [1.29, 1.82) is 0 Å². The van der Waals surface area contributed by atoms with Crippen LogP contribution in [0.4, 0.5) is 5.69 Å². The van der Waals surface area contributed by atoms with Crippen LogP contribution >= 0.6 is 45.8 Å². The normalized spacial score (nSPS) is 10.4. The summed E-state index contributed by atoms with van der Waals surface area (Å²) in [6, 6.07) is 7.93. The number of aromatic hydroxyl groups is 1. The Bertz CT molecular complexity index is 699. The highest BCUT2D eigenvalue weighted by molar-refractivity contribution is 14.1. The van der Waals surface area contributed by atoms with Gasteiger partial charge >= 0.3 is 0 Å². The number of hydrogen-bond acceptors (Lipinski definition) is 3. The molecule has 0 radical (unpaired) electrons. The summed E-state index contributed by atoms with van der Waals surface area (Å²) in [5.74, 6) is 0.826. The first-order valence-corrected chi connectivity index (χ1v) is 8.19. The standard InChI is InChI=1S/C15H12Cl2INO3/c1-2-14(21)19-8-5-10(16)15(11(17)6-8)22-9-3-4-13(20)12(18)7-9/h3-7,20H,2H2,1H3,(H,19,21). The number of hydrogen-bond donors (Lipinski definition) is 2. The van der Waals surface area contributed by atoms with Gasteiger partial charge in [-0.2, -0.15) is 0 Å². The van der Waals surface area contributed by atoms with E-state index in [9.17, 15) is 9.90 Å². The molecule has 0 atom stereocenters. The Kier molecular flexibility index (Phi) is 5.77. The van der Waals surface area contributed by atoms with Gasteiger partial charge in [0.15, 0.2) is 5.75 Å². The smallest absolute Gasteiger partial charge is 0.224 e. The first-order chi connectivity index (χ1) is 10.4. The Balaban J connectivity index is 2.28. The lowest BCUT2D eigenvalue weighted by Gasteiger charge is -2.12. The summed E-state index contributed by atoms with van der Waals surface area (Å²) in [5, 5.41) is 12.7. The molecule has 0 unspecified atom stereocenters. The zero-order valence-electron chi connectivity index (χ0n) is 11.5. The van der Waals surface area contributed by atoms with E-state index in [-0.39, 0.29) is 21.7 Å². The predicted octanol–water partition coefficient (Wildman–Crippen LogP) is 5.44. The highest BCUT2D eigenvalue weighted by atomic mass is 127. The highest BCUT2D eigenvalue weighted by Crippen LogP contribution is 2.39. The Hall–Kier alpha value is -1.18. The molecule has 2 aromatic carbocycles. The molecule has 0 aliphatic carbocycles. The van der Waals surface area contributed by atoms with Gasteiger partial charge in [0.1, 0.15) is 11.5 Å². The number of phenols is 1. The largest absolute Gasteiger partial charge is 0.507 e. The molecule has 0 spiro atoms. The molecule has 2 rings (SSSR count). The van der Waals surface area contributed by atoms with Crippen LogP contribution in [0.2, 0.25) is 10.0 Å². The minimum absolute atomic E-state index is 0.131. The average Bonchev–Trinajstić information content (AvgIpc) is 2.46. The van der Waals surface area contributed by atoms with Crippen LogP contribution < -0.4 is 10.1 Å². The molecule has 0 saturated heterocycles. The lowest BCUT2D eigenvalue weighted by Crippen LogP contribution is -2.09. The molecule has 0 bridgehead atoms. The molecule has 2 aromatic rings. The molecular weight excluding hydrogens is 440 g/mol. The molecule has 0 fully saturated rings. The van der Waals surface area contributed by atoms with Crippen molar-refractivity contribution in [2.45, 2.75) is 13.3 Å². The maximum absolute atomic E-state index is 11.4. The van der Waals surface area contributed by atoms with Crippen LogP contribution in [0, 0.1) is 3.57 Å². The van der Waals surface area contributed by atoms with Gasteiger partial charge in [-0.1, -0.05) is 30.1 Å². The SMILES string of the molecule is CCC(=O)Nc1cc(Cl)c(Oc2ccc(O)c(I)c2)c(Cl)c1. The van der Waals surface area contributed by atoms with Gasteiger partial charge in [-0.05, 0) is 52.9 Å². The summed E-state index contributed by atoms with van der Waals surface area (Å²) in [7, 11) is 0. The van der Waals surface area contributed by atoms with Gasteiger partial charge in [-0.15, -0.1) is 0 Å². The molecule has 116 valence electrons. The number of nitrogens with one attached hydrogen (secondary N) is 1. The van der Waals surface area contributed by atoms with Gasteiger partial charge in [-0.3, -0.25) is 4.79 Å². The predicted molar refractivity (Wildman–Crippen MR) is 96.3 cm³/mol. The molecule has 0 aliphatic rings. The van der Waals surface area contributed by atoms with E-state index in [2.05, 4.69) is 5.32 Å². The number of rotatable bonds is 4. The number of amides is 1. The van der Waals surface area contributed by atoms with E-state index in [0.29, 0.717) is 27.2 Å². The van der Waals surface area contributed by atoms with E-state index in [0.717, 1.165) is 0 Å². The fourth-order valence-electron chi connectivity index (χ4n) is 1.65. The Morgan fingerprint density at radius 1 is 1.27 bits per heavy atom. The van der Waals surface area contributed by atoms with E-state index in [4.69, 9.17) is 27.9 Å². The number of anilines is 1. The van der Waals surface area contributed by atoms with E-state index in [1.807, 2.05) is 22.6 Å². The number of halogens is 3. The minimum atomic E-state index is -0.131. The van der Waals surface area contributed by atoms with Crippen molar-refractivity contribution in [3.8, 4) is 17.2 Å². The molecule has 1 amide bonds. The third-order valence-corrected chi connectivity index (χ3v) is 4.17. The van der Waals surface area contributed by atoms with E-state index in [1.54, 1.807) is 31.2 Å². The number of ether oxygens (including phenoxy) is 1. The quantitative estimate of drug-likeness (QED) is 0.608. The number of carbonyl (C=O) groups excluding carboxylic acids is 1. The van der Waals surface area contributed by atoms with Crippen LogP contribution in [0.3, 0.4) is 0 Å². The third-order valence-electron chi connectivity index (χ3n) is 2.74. The molecule has 22 heavy (non-hydrogen) atoms. The van der Waals surface area contributed by atoms with Crippen molar-refractivity contribution in [2.75, 3.05) is 5.32 Å². The second-order valence-corrected chi connectivity index (χ2v) is 6.36. The lowest BCUT2D eigenvalue weighted by molar-refractivity contribution is -0.115. The first-order valence-electron chi connectivity index (χ1n) is 6.36. The van der Waals surface area contributed by atoms with Gasteiger partial charge < -0.3 is 15.2 Å². The van der Waals surface area contributed by atoms with Crippen LogP contribution in [-0.4, -0.2) is 11.0 Å². The zero-order valence-corrected chi connectivity index (χ0v) is 15.2. The molecule has 7 heteroatoms. The summed E-state index contributed by atoms with van der Waals surface area (Å²) in [5.41, 5.74) is 0.509. The van der Waals surface area contributed by atoms with E-state index >= 15 is 0 Å². The first kappa shape index (κ1) is 17.2. The number of phenolic OH excluding ortho intramolecular Hbond substituents is 1. The van der Waals surface area contributed by atoms with Crippen molar-refractivity contribution in [3.05, 3.63) is 43.9 Å². The van der Waals surface area contributed by atoms with E-state index in [1.165, 1.54) is 6.07 Å². The van der Waals surface area contributed by atoms with Gasteiger partial charge in [0, 0.05) is 12.1 Å². The minimum Gasteiger partial charge on any atom is -0.507 e. The molecule has 0 aromatic heterocycles. The van der Waals surface area contributed by atoms with Crippen LogP contribution in [0.5, 0.6) is 17.2 Å². The summed E-state index contributed by atoms with van der Waals surface area (Å²) in [4.78, 5) is 11.4. The van der Waals surface area contributed by atoms with E-state index < -0.39 is 0 Å². The zero-order chi connectivity index (χ0) is 16.3. The Morgan fingerprint density at radius 3 is 2.45 bits per heavy atom. The van der Waals surface area contributed by atoms with Crippen LogP contribution in [-0.2, 0) is 4.79 Å². The third kappa shape index (κ3) is 4.18. The van der Waals surface area contributed by atoms with Gasteiger partial charge in [0.25, 0.3) is 0 Å². The van der Waals surface area contributed by atoms with Crippen molar-refractivity contribution >= 4 is 57.4 Å². The topological polar surface area (TPSA) is 58.6 Å². The van der Waals surface area contributed by atoms with Crippen LogP contribution in [0.25, 0.3) is 0 Å². The average molecular weight is 452 g/mol. The fourth-order valence-corrected chi connectivity index (χ4v) is 2.70. The van der Waals surface area contributed by atoms with Crippen molar-refractivity contribution < 1.29 is 14.6 Å². The highest BCUT2D eigenvalue weighted by Gasteiger charge is 2.13. The van der Waals surface area contributed by atoms with Crippen LogP contribution in [0.1, 0.15) is 13.3 Å². The molecule has 0 heterocycles. The molecule has 2 N–H and O–H groups in total. The second kappa shape index (κ2) is 7.39. The summed E-state index contributed by atoms with van der Waals surface area (Å²) < 4.78 is 6.32. The van der Waals surface area contributed by atoms with Crippen molar-refractivity contribution in [2.24, 2.45) is 0 Å². The summed E-state index contributed by atoms with van der Waals surface area (Å²) >= 11 is 14.3. The summed E-state index contributed by atoms with van der Waals surface area (Å²) in [6.07, 6.45) is 0.361. The Morgan fingerprint density at radius 2 is 1.91 bits per heavy atom. The maximum Gasteiger partial charge on any atom is 0.224 e.